The van der Waals surface area contributed by atoms with Crippen LogP contribution in [0.3, 0.4) is 0 Å². The number of halogens is 1. The first kappa shape index (κ1) is 16.6. The minimum atomic E-state index is 0.511. The van der Waals surface area contributed by atoms with Crippen molar-refractivity contribution in [1.29, 1.82) is 5.26 Å². The van der Waals surface area contributed by atoms with Gasteiger partial charge in [0.05, 0.1) is 25.3 Å². The number of rotatable bonds is 4. The number of ether oxygens (including phenoxy) is 1. The molecule has 0 radical (unpaired) electrons. The van der Waals surface area contributed by atoms with E-state index in [4.69, 9.17) is 4.74 Å². The van der Waals surface area contributed by atoms with Crippen LogP contribution in [0.15, 0.2) is 70.6 Å². The van der Waals surface area contributed by atoms with E-state index in [-0.39, 0.29) is 0 Å². The van der Waals surface area contributed by atoms with Gasteiger partial charge in [-0.2, -0.15) is 5.26 Å². The third kappa shape index (κ3) is 3.40. The van der Waals surface area contributed by atoms with Gasteiger partial charge in [0.1, 0.15) is 17.6 Å². The smallest absolute Gasteiger partial charge is 0.127 e. The number of anilines is 2. The summed E-state index contributed by atoms with van der Waals surface area (Å²) < 4.78 is 7.73. The lowest BCUT2D eigenvalue weighted by molar-refractivity contribution is 0.483. The molecule has 0 atom stereocenters. The van der Waals surface area contributed by atoms with Crippen LogP contribution in [-0.4, -0.2) is 4.98 Å². The monoisotopic (exact) mass is 421 g/mol. The second-order valence-electron chi connectivity index (χ2n) is 5.49. The van der Waals surface area contributed by atoms with Crippen LogP contribution in [0.1, 0.15) is 5.56 Å². The van der Waals surface area contributed by atoms with E-state index in [1.807, 2.05) is 60.7 Å². The van der Waals surface area contributed by atoms with Crippen LogP contribution in [0.25, 0.3) is 10.2 Å². The maximum atomic E-state index is 9.41. The van der Waals surface area contributed by atoms with Crippen LogP contribution in [-0.2, 0) is 0 Å². The Balaban J connectivity index is 1.62. The Morgan fingerprint density at radius 1 is 1.04 bits per heavy atom. The Bertz CT molecular complexity index is 1100. The fourth-order valence-electron chi connectivity index (χ4n) is 2.53. The summed E-state index contributed by atoms with van der Waals surface area (Å²) in [5, 5.41) is 12.8. The summed E-state index contributed by atoms with van der Waals surface area (Å²) in [5.41, 5.74) is 3.01. The number of aromatic nitrogens is 1. The third-order valence-corrected chi connectivity index (χ3v) is 5.38. The minimum Gasteiger partial charge on any atom is -0.457 e. The summed E-state index contributed by atoms with van der Waals surface area (Å²) in [7, 11) is 0. The normalized spacial score (nSPS) is 10.5. The Labute approximate surface area is 162 Å². The molecule has 2 heterocycles. The Morgan fingerprint density at radius 2 is 1.77 bits per heavy atom. The number of thiophene rings is 1. The number of nitrogens with one attached hydrogen (secondary N) is 1. The zero-order valence-electron chi connectivity index (χ0n) is 13.4. The highest BCUT2D eigenvalue weighted by Gasteiger charge is 2.12. The summed E-state index contributed by atoms with van der Waals surface area (Å²) >= 11 is 5.03. The van der Waals surface area contributed by atoms with Gasteiger partial charge in [0.25, 0.3) is 0 Å². The van der Waals surface area contributed by atoms with Crippen molar-refractivity contribution < 1.29 is 4.74 Å². The lowest BCUT2D eigenvalue weighted by Crippen LogP contribution is -1.95. The van der Waals surface area contributed by atoms with E-state index in [1.165, 1.54) is 0 Å². The second kappa shape index (κ2) is 7.16. The standard InChI is InChI=1S/C20H12BrN3OS/c21-18-10-17-20(26-18)19(13(11-22)12-23-17)24-14-6-8-16(9-7-14)25-15-4-2-1-3-5-15/h1-10,12H,(H,23,24). The maximum Gasteiger partial charge on any atom is 0.127 e. The fraction of sp³-hybridized carbons (Fsp3) is 0. The van der Waals surface area contributed by atoms with Crippen molar-refractivity contribution in [3.8, 4) is 17.6 Å². The van der Waals surface area contributed by atoms with Gasteiger partial charge in [-0.15, -0.1) is 11.3 Å². The van der Waals surface area contributed by atoms with Crippen LogP contribution in [0.5, 0.6) is 11.5 Å². The van der Waals surface area contributed by atoms with Crippen molar-refractivity contribution in [3.05, 3.63) is 76.2 Å². The summed E-state index contributed by atoms with van der Waals surface area (Å²) in [6.07, 6.45) is 1.59. The van der Waals surface area contributed by atoms with Gasteiger partial charge in [-0.25, -0.2) is 0 Å². The van der Waals surface area contributed by atoms with Crippen molar-refractivity contribution >= 4 is 48.9 Å². The molecule has 6 heteroatoms. The highest BCUT2D eigenvalue weighted by molar-refractivity contribution is 9.11. The molecule has 4 aromatic rings. The van der Waals surface area contributed by atoms with Crippen LogP contribution in [0, 0.1) is 11.3 Å². The third-order valence-electron chi connectivity index (χ3n) is 3.73. The van der Waals surface area contributed by atoms with Crippen LogP contribution in [0.4, 0.5) is 11.4 Å². The Kier molecular flexibility index (Phi) is 4.57. The van der Waals surface area contributed by atoms with Gasteiger partial charge in [0, 0.05) is 11.9 Å². The molecule has 2 aromatic carbocycles. The lowest BCUT2D eigenvalue weighted by atomic mass is 10.2. The topological polar surface area (TPSA) is 57.9 Å². The van der Waals surface area contributed by atoms with Gasteiger partial charge in [-0.1, -0.05) is 18.2 Å². The lowest BCUT2D eigenvalue weighted by Gasteiger charge is -2.10. The molecule has 4 nitrogen and oxygen atoms in total. The van der Waals surface area contributed by atoms with Gasteiger partial charge in [-0.05, 0) is 58.4 Å². The fourth-order valence-corrected chi connectivity index (χ4v) is 4.08. The number of hydrogen-bond acceptors (Lipinski definition) is 5. The molecule has 0 aliphatic rings. The number of fused-ring (bicyclic) bond motifs is 1. The molecule has 1 N–H and O–H groups in total. The number of hydrogen-bond donors (Lipinski definition) is 1. The highest BCUT2D eigenvalue weighted by atomic mass is 79.9. The van der Waals surface area contributed by atoms with Gasteiger partial charge in [0.2, 0.25) is 0 Å². The molecular weight excluding hydrogens is 410 g/mol. The first-order valence-corrected chi connectivity index (χ1v) is 9.42. The van der Waals surface area contributed by atoms with Crippen LogP contribution < -0.4 is 10.1 Å². The molecule has 0 bridgehead atoms. The molecular formula is C20H12BrN3OS. The molecule has 0 amide bonds. The molecule has 0 aliphatic heterocycles. The predicted octanol–water partition coefficient (Wildman–Crippen LogP) is 6.47. The largest absolute Gasteiger partial charge is 0.457 e. The van der Waals surface area contributed by atoms with E-state index >= 15 is 0 Å². The van der Waals surface area contributed by atoms with Crippen molar-refractivity contribution in [2.24, 2.45) is 0 Å². The second-order valence-corrected chi connectivity index (χ2v) is 7.92. The maximum absolute atomic E-state index is 9.41. The molecule has 26 heavy (non-hydrogen) atoms. The number of benzene rings is 2. The zero-order valence-corrected chi connectivity index (χ0v) is 15.8. The van der Waals surface area contributed by atoms with E-state index in [9.17, 15) is 5.26 Å². The molecule has 0 spiro atoms. The van der Waals surface area contributed by atoms with Crippen molar-refractivity contribution in [2.45, 2.75) is 0 Å². The number of para-hydroxylation sites is 1. The number of pyridine rings is 1. The van der Waals surface area contributed by atoms with Gasteiger partial charge in [-0.3, -0.25) is 4.98 Å². The number of nitrogens with zero attached hydrogens (tertiary/aromatic N) is 2. The first-order chi connectivity index (χ1) is 12.7. The quantitative estimate of drug-likeness (QED) is 0.410. The molecule has 4 rings (SSSR count). The SMILES string of the molecule is N#Cc1cnc2cc(Br)sc2c1Nc1ccc(Oc2ccccc2)cc1. The van der Waals surface area contributed by atoms with E-state index in [2.05, 4.69) is 32.3 Å². The predicted molar refractivity (Wildman–Crippen MR) is 108 cm³/mol. The van der Waals surface area contributed by atoms with E-state index in [1.54, 1.807) is 17.5 Å². The van der Waals surface area contributed by atoms with Crippen LogP contribution >= 0.6 is 27.3 Å². The van der Waals surface area contributed by atoms with Gasteiger partial charge < -0.3 is 10.1 Å². The van der Waals surface area contributed by atoms with E-state index < -0.39 is 0 Å². The molecule has 0 fully saturated rings. The molecule has 0 saturated carbocycles. The molecule has 2 aromatic heterocycles. The van der Waals surface area contributed by atoms with Crippen molar-refractivity contribution in [2.75, 3.05) is 5.32 Å². The molecule has 0 saturated heterocycles. The minimum absolute atomic E-state index is 0.511. The zero-order chi connectivity index (χ0) is 17.9. The Morgan fingerprint density at radius 3 is 2.50 bits per heavy atom. The molecule has 0 unspecified atom stereocenters. The average molecular weight is 422 g/mol. The molecule has 0 aliphatic carbocycles. The average Bonchev–Trinajstić information content (AvgIpc) is 3.05. The molecule has 126 valence electrons. The van der Waals surface area contributed by atoms with E-state index in [0.29, 0.717) is 5.56 Å². The van der Waals surface area contributed by atoms with E-state index in [0.717, 1.165) is 36.9 Å². The summed E-state index contributed by atoms with van der Waals surface area (Å²) in [6, 6.07) is 21.4. The highest BCUT2D eigenvalue weighted by Crippen LogP contribution is 2.37. The summed E-state index contributed by atoms with van der Waals surface area (Å²) in [5.74, 6) is 1.54. The Hall–Kier alpha value is -2.88. The summed E-state index contributed by atoms with van der Waals surface area (Å²) in [6.45, 7) is 0. The van der Waals surface area contributed by atoms with Crippen molar-refractivity contribution in [1.82, 2.24) is 4.98 Å². The number of nitriles is 1. The van der Waals surface area contributed by atoms with Crippen LogP contribution in [0.2, 0.25) is 0 Å². The van der Waals surface area contributed by atoms with Gasteiger partial charge >= 0.3 is 0 Å². The first-order valence-electron chi connectivity index (χ1n) is 7.81. The van der Waals surface area contributed by atoms with Gasteiger partial charge in [0.15, 0.2) is 0 Å². The summed E-state index contributed by atoms with van der Waals surface area (Å²) in [4.78, 5) is 4.33. The van der Waals surface area contributed by atoms with Crippen molar-refractivity contribution in [3.63, 3.8) is 0 Å².